The largest absolute Gasteiger partial charge is 0.379 e. The van der Waals surface area contributed by atoms with Crippen LogP contribution in [0, 0.1) is 5.92 Å². The van der Waals surface area contributed by atoms with Gasteiger partial charge in [-0.3, -0.25) is 9.69 Å². The topological polar surface area (TPSA) is 29.5 Å². The van der Waals surface area contributed by atoms with E-state index in [2.05, 4.69) is 11.0 Å². The molecule has 1 heterocycles. The van der Waals surface area contributed by atoms with Crippen LogP contribution in [0.1, 0.15) is 22.3 Å². The molecule has 0 amide bonds. The van der Waals surface area contributed by atoms with Gasteiger partial charge in [-0.05, 0) is 17.9 Å². The number of carbonyl (C=O) groups excluding carboxylic acids is 1. The number of Topliss-reactive ketones (excluding diaryl/α,β-unsaturated/α-hetero) is 1. The monoisotopic (exact) mass is 245 g/mol. The van der Waals surface area contributed by atoms with Crippen LogP contribution in [0.2, 0.25) is 0 Å². The lowest BCUT2D eigenvalue weighted by Crippen LogP contribution is -2.41. The van der Waals surface area contributed by atoms with Crippen molar-refractivity contribution >= 4 is 5.78 Å². The number of rotatable bonds is 2. The molecule has 1 fully saturated rings. The highest BCUT2D eigenvalue weighted by molar-refractivity contribution is 5.98. The first-order valence-electron chi connectivity index (χ1n) is 6.74. The first kappa shape index (κ1) is 11.9. The molecular weight excluding hydrogens is 226 g/mol. The van der Waals surface area contributed by atoms with Crippen LogP contribution in [0.3, 0.4) is 0 Å². The van der Waals surface area contributed by atoms with Crippen LogP contribution in [-0.2, 0) is 11.2 Å². The molecule has 0 N–H and O–H groups in total. The van der Waals surface area contributed by atoms with E-state index in [1.165, 1.54) is 5.56 Å². The van der Waals surface area contributed by atoms with E-state index in [0.717, 1.165) is 44.8 Å². The number of fused-ring (bicyclic) bond motifs is 1. The number of carbonyl (C=O) groups is 1. The van der Waals surface area contributed by atoms with Gasteiger partial charge in [-0.1, -0.05) is 24.3 Å². The van der Waals surface area contributed by atoms with Gasteiger partial charge in [-0.2, -0.15) is 0 Å². The first-order valence-corrected chi connectivity index (χ1v) is 6.74. The maximum atomic E-state index is 12.1. The number of morpholine rings is 1. The summed E-state index contributed by atoms with van der Waals surface area (Å²) in [5, 5.41) is 0. The second kappa shape index (κ2) is 5.21. The standard InChI is InChI=1S/C15H19NO2/c17-15-10-12(11-16-5-7-18-8-6-16)9-13-3-1-2-4-14(13)15/h1-4,12H,5-11H2. The van der Waals surface area contributed by atoms with Crippen LogP contribution in [-0.4, -0.2) is 43.5 Å². The number of nitrogens with zero attached hydrogens (tertiary/aromatic N) is 1. The third-order valence-corrected chi connectivity index (χ3v) is 3.92. The number of hydrogen-bond donors (Lipinski definition) is 0. The Morgan fingerprint density at radius 2 is 1.94 bits per heavy atom. The lowest BCUT2D eigenvalue weighted by atomic mass is 9.83. The molecule has 3 nitrogen and oxygen atoms in total. The van der Waals surface area contributed by atoms with E-state index in [0.29, 0.717) is 18.1 Å². The quantitative estimate of drug-likeness (QED) is 0.795. The maximum Gasteiger partial charge on any atom is 0.163 e. The molecule has 3 rings (SSSR count). The van der Waals surface area contributed by atoms with E-state index in [1.807, 2.05) is 18.2 Å². The highest BCUT2D eigenvalue weighted by Crippen LogP contribution is 2.26. The number of benzene rings is 1. The second-order valence-electron chi connectivity index (χ2n) is 5.27. The van der Waals surface area contributed by atoms with Crippen molar-refractivity contribution in [2.75, 3.05) is 32.8 Å². The van der Waals surface area contributed by atoms with Crippen LogP contribution >= 0.6 is 0 Å². The Balaban J connectivity index is 1.68. The van der Waals surface area contributed by atoms with Crippen molar-refractivity contribution in [3.05, 3.63) is 35.4 Å². The molecule has 0 bridgehead atoms. The van der Waals surface area contributed by atoms with Gasteiger partial charge in [0.15, 0.2) is 5.78 Å². The Hall–Kier alpha value is -1.19. The van der Waals surface area contributed by atoms with E-state index in [4.69, 9.17) is 4.74 Å². The van der Waals surface area contributed by atoms with Gasteiger partial charge in [0.2, 0.25) is 0 Å². The van der Waals surface area contributed by atoms with Gasteiger partial charge in [0.1, 0.15) is 0 Å². The molecule has 1 aromatic carbocycles. The fourth-order valence-corrected chi connectivity index (χ4v) is 3.00. The first-order chi connectivity index (χ1) is 8.83. The fraction of sp³-hybridized carbons (Fsp3) is 0.533. The van der Waals surface area contributed by atoms with Crippen molar-refractivity contribution in [2.45, 2.75) is 12.8 Å². The zero-order chi connectivity index (χ0) is 12.4. The maximum absolute atomic E-state index is 12.1. The Morgan fingerprint density at radius 3 is 2.78 bits per heavy atom. The van der Waals surface area contributed by atoms with Crippen LogP contribution < -0.4 is 0 Å². The van der Waals surface area contributed by atoms with E-state index >= 15 is 0 Å². The minimum absolute atomic E-state index is 0.315. The summed E-state index contributed by atoms with van der Waals surface area (Å²) in [6, 6.07) is 8.05. The third kappa shape index (κ3) is 2.47. The average Bonchev–Trinajstić information content (AvgIpc) is 2.40. The predicted octanol–water partition coefficient (Wildman–Crippen LogP) is 1.76. The summed E-state index contributed by atoms with van der Waals surface area (Å²) in [5.74, 6) is 0.792. The lowest BCUT2D eigenvalue weighted by Gasteiger charge is -2.32. The molecule has 1 aliphatic carbocycles. The van der Waals surface area contributed by atoms with Crippen LogP contribution in [0.15, 0.2) is 24.3 Å². The minimum atomic E-state index is 0.315. The Labute approximate surface area is 108 Å². The molecule has 1 saturated heterocycles. The molecule has 18 heavy (non-hydrogen) atoms. The summed E-state index contributed by atoms with van der Waals surface area (Å²) in [7, 11) is 0. The molecule has 1 aromatic rings. The van der Waals surface area contributed by atoms with Crippen molar-refractivity contribution in [3.63, 3.8) is 0 Å². The summed E-state index contributed by atoms with van der Waals surface area (Å²) in [6.45, 7) is 4.70. The van der Waals surface area contributed by atoms with Gasteiger partial charge in [0.25, 0.3) is 0 Å². The lowest BCUT2D eigenvalue weighted by molar-refractivity contribution is 0.0296. The van der Waals surface area contributed by atoms with Gasteiger partial charge >= 0.3 is 0 Å². The van der Waals surface area contributed by atoms with E-state index in [1.54, 1.807) is 0 Å². The van der Waals surface area contributed by atoms with Crippen molar-refractivity contribution in [3.8, 4) is 0 Å². The molecule has 0 aromatic heterocycles. The number of ketones is 1. The second-order valence-corrected chi connectivity index (χ2v) is 5.27. The van der Waals surface area contributed by atoms with Crippen molar-refractivity contribution in [1.82, 2.24) is 4.90 Å². The van der Waals surface area contributed by atoms with Crippen LogP contribution in [0.4, 0.5) is 0 Å². The summed E-state index contributed by atoms with van der Waals surface area (Å²) < 4.78 is 5.36. The van der Waals surface area contributed by atoms with Crippen molar-refractivity contribution in [1.29, 1.82) is 0 Å². The number of ether oxygens (including phenoxy) is 1. The Bertz CT molecular complexity index is 438. The van der Waals surface area contributed by atoms with Crippen LogP contribution in [0.25, 0.3) is 0 Å². The molecule has 0 radical (unpaired) electrons. The molecule has 1 atom stereocenters. The molecule has 96 valence electrons. The SMILES string of the molecule is O=C1CC(CN2CCOCC2)Cc2ccccc21. The summed E-state index contributed by atoms with van der Waals surface area (Å²) in [6.07, 6.45) is 1.74. The zero-order valence-electron chi connectivity index (χ0n) is 10.6. The van der Waals surface area contributed by atoms with Gasteiger partial charge in [-0.15, -0.1) is 0 Å². The highest BCUT2D eigenvalue weighted by atomic mass is 16.5. The molecule has 0 spiro atoms. The minimum Gasteiger partial charge on any atom is -0.379 e. The number of hydrogen-bond acceptors (Lipinski definition) is 3. The van der Waals surface area contributed by atoms with Crippen molar-refractivity contribution < 1.29 is 9.53 Å². The molecule has 2 aliphatic rings. The van der Waals surface area contributed by atoms with Crippen molar-refractivity contribution in [2.24, 2.45) is 5.92 Å². The Morgan fingerprint density at radius 1 is 1.17 bits per heavy atom. The average molecular weight is 245 g/mol. The smallest absolute Gasteiger partial charge is 0.163 e. The zero-order valence-corrected chi connectivity index (χ0v) is 10.6. The molecule has 3 heteroatoms. The van der Waals surface area contributed by atoms with Gasteiger partial charge in [-0.25, -0.2) is 0 Å². The normalized spacial score (nSPS) is 24.9. The fourth-order valence-electron chi connectivity index (χ4n) is 3.00. The van der Waals surface area contributed by atoms with Gasteiger partial charge < -0.3 is 4.74 Å². The molecular formula is C15H19NO2. The highest BCUT2D eigenvalue weighted by Gasteiger charge is 2.26. The van der Waals surface area contributed by atoms with E-state index in [9.17, 15) is 4.79 Å². The van der Waals surface area contributed by atoms with E-state index < -0.39 is 0 Å². The van der Waals surface area contributed by atoms with Gasteiger partial charge in [0.05, 0.1) is 13.2 Å². The third-order valence-electron chi connectivity index (χ3n) is 3.92. The summed E-state index contributed by atoms with van der Waals surface area (Å²) >= 11 is 0. The molecule has 1 aliphatic heterocycles. The summed E-state index contributed by atoms with van der Waals surface area (Å²) in [4.78, 5) is 14.5. The van der Waals surface area contributed by atoms with E-state index in [-0.39, 0.29) is 0 Å². The molecule has 1 unspecified atom stereocenters. The van der Waals surface area contributed by atoms with Gasteiger partial charge in [0, 0.05) is 31.6 Å². The predicted molar refractivity (Wildman–Crippen MR) is 69.8 cm³/mol. The summed E-state index contributed by atoms with van der Waals surface area (Å²) in [5.41, 5.74) is 2.17. The molecule has 0 saturated carbocycles. The Kier molecular flexibility index (Phi) is 3.43. The van der Waals surface area contributed by atoms with Crippen LogP contribution in [0.5, 0.6) is 0 Å².